The molecule has 1 unspecified atom stereocenters. The van der Waals surface area contributed by atoms with Gasteiger partial charge < -0.3 is 15.4 Å². The topological polar surface area (TPSA) is 67.4 Å². The first-order valence-electron chi connectivity index (χ1n) is 5.83. The van der Waals surface area contributed by atoms with Gasteiger partial charge in [0.15, 0.2) is 0 Å². The Labute approximate surface area is 117 Å². The van der Waals surface area contributed by atoms with E-state index in [2.05, 4.69) is 15.4 Å². The lowest BCUT2D eigenvalue weighted by Crippen LogP contribution is -2.37. The van der Waals surface area contributed by atoms with Crippen molar-refractivity contribution in [2.24, 2.45) is 0 Å². The first-order chi connectivity index (χ1) is 8.93. The number of esters is 1. The predicted octanol–water partition coefficient (Wildman–Crippen LogP) is 2.72. The second-order valence-corrected chi connectivity index (χ2v) is 4.60. The first-order valence-corrected chi connectivity index (χ1v) is 6.21. The van der Waals surface area contributed by atoms with Gasteiger partial charge in [-0.05, 0) is 31.5 Å². The summed E-state index contributed by atoms with van der Waals surface area (Å²) >= 11 is 5.96. The highest BCUT2D eigenvalue weighted by atomic mass is 35.5. The Hall–Kier alpha value is -1.75. The van der Waals surface area contributed by atoms with Crippen LogP contribution in [0.15, 0.2) is 18.2 Å². The van der Waals surface area contributed by atoms with Crippen LogP contribution in [0, 0.1) is 6.92 Å². The Morgan fingerprint density at radius 2 is 2.11 bits per heavy atom. The highest BCUT2D eigenvalue weighted by Crippen LogP contribution is 2.22. The standard InChI is InChI=1S/C13H17ClN2O3/c1-8(7-12(17)19-3)15-13(18)16-11-6-4-5-10(14)9(11)2/h4-6,8H,7H2,1-3H3,(H2,15,16,18). The smallest absolute Gasteiger partial charge is 0.319 e. The largest absolute Gasteiger partial charge is 0.469 e. The van der Waals surface area contributed by atoms with Crippen LogP contribution < -0.4 is 10.6 Å². The Bertz CT molecular complexity index is 477. The van der Waals surface area contributed by atoms with E-state index in [4.69, 9.17) is 11.6 Å². The molecule has 104 valence electrons. The Morgan fingerprint density at radius 3 is 2.74 bits per heavy atom. The fourth-order valence-corrected chi connectivity index (χ4v) is 1.68. The van der Waals surface area contributed by atoms with Crippen LogP contribution >= 0.6 is 11.6 Å². The number of nitrogens with one attached hydrogen (secondary N) is 2. The fraction of sp³-hybridized carbons (Fsp3) is 0.385. The van der Waals surface area contributed by atoms with Crippen molar-refractivity contribution in [3.8, 4) is 0 Å². The third-order valence-corrected chi connectivity index (χ3v) is 3.00. The van der Waals surface area contributed by atoms with Gasteiger partial charge >= 0.3 is 12.0 Å². The van der Waals surface area contributed by atoms with E-state index in [1.807, 2.05) is 6.92 Å². The number of hydrogen-bond acceptors (Lipinski definition) is 3. The lowest BCUT2D eigenvalue weighted by atomic mass is 10.2. The zero-order valence-corrected chi connectivity index (χ0v) is 11.9. The number of rotatable bonds is 4. The van der Waals surface area contributed by atoms with Gasteiger partial charge in [-0.3, -0.25) is 4.79 Å². The third kappa shape index (κ3) is 4.79. The van der Waals surface area contributed by atoms with E-state index in [0.717, 1.165) is 5.56 Å². The fourth-order valence-electron chi connectivity index (χ4n) is 1.51. The van der Waals surface area contributed by atoms with E-state index in [9.17, 15) is 9.59 Å². The summed E-state index contributed by atoms with van der Waals surface area (Å²) in [6, 6.07) is 4.56. The van der Waals surface area contributed by atoms with E-state index in [1.54, 1.807) is 25.1 Å². The summed E-state index contributed by atoms with van der Waals surface area (Å²) in [6.45, 7) is 3.54. The number of amides is 2. The van der Waals surface area contributed by atoms with Gasteiger partial charge in [-0.25, -0.2) is 4.79 Å². The lowest BCUT2D eigenvalue weighted by molar-refractivity contribution is -0.141. The van der Waals surface area contributed by atoms with Crippen molar-refractivity contribution in [1.29, 1.82) is 0 Å². The number of ether oxygens (including phenoxy) is 1. The quantitative estimate of drug-likeness (QED) is 0.836. The maximum atomic E-state index is 11.7. The van der Waals surface area contributed by atoms with Gasteiger partial charge in [0.2, 0.25) is 0 Å². The SMILES string of the molecule is COC(=O)CC(C)NC(=O)Nc1cccc(Cl)c1C. The molecule has 0 aliphatic heterocycles. The molecule has 6 heteroatoms. The molecule has 1 aromatic carbocycles. The number of urea groups is 1. The number of anilines is 1. The highest BCUT2D eigenvalue weighted by molar-refractivity contribution is 6.31. The average Bonchev–Trinajstić information content (AvgIpc) is 2.34. The number of halogens is 1. The summed E-state index contributed by atoms with van der Waals surface area (Å²) in [6.07, 6.45) is 0.123. The van der Waals surface area contributed by atoms with Crippen LogP contribution in [0.1, 0.15) is 18.9 Å². The minimum Gasteiger partial charge on any atom is -0.469 e. The molecule has 0 radical (unpaired) electrons. The van der Waals surface area contributed by atoms with E-state index in [-0.39, 0.29) is 24.5 Å². The minimum atomic E-state index is -0.387. The van der Waals surface area contributed by atoms with Crippen LogP contribution in [0.4, 0.5) is 10.5 Å². The summed E-state index contributed by atoms with van der Waals surface area (Å²) < 4.78 is 4.53. The first kappa shape index (κ1) is 15.3. The van der Waals surface area contributed by atoms with Crippen molar-refractivity contribution in [3.63, 3.8) is 0 Å². The summed E-state index contributed by atoms with van der Waals surface area (Å²) in [5.41, 5.74) is 1.43. The maximum Gasteiger partial charge on any atom is 0.319 e. The molecule has 19 heavy (non-hydrogen) atoms. The molecule has 1 rings (SSSR count). The number of carbonyl (C=O) groups excluding carboxylic acids is 2. The Morgan fingerprint density at radius 1 is 1.42 bits per heavy atom. The monoisotopic (exact) mass is 284 g/mol. The number of benzene rings is 1. The second-order valence-electron chi connectivity index (χ2n) is 4.19. The molecule has 2 amide bonds. The Kier molecular flexibility index (Phi) is 5.63. The molecule has 0 aliphatic rings. The van der Waals surface area contributed by atoms with Gasteiger partial charge in [0.05, 0.1) is 13.5 Å². The van der Waals surface area contributed by atoms with Gasteiger partial charge in [0, 0.05) is 16.8 Å². The summed E-state index contributed by atoms with van der Waals surface area (Å²) in [5, 5.41) is 5.92. The molecule has 0 saturated heterocycles. The van der Waals surface area contributed by atoms with Crippen LogP contribution in [0.2, 0.25) is 5.02 Å². The van der Waals surface area contributed by atoms with E-state index in [1.165, 1.54) is 7.11 Å². The predicted molar refractivity (Wildman–Crippen MR) is 74.4 cm³/mol. The van der Waals surface area contributed by atoms with Crippen molar-refractivity contribution < 1.29 is 14.3 Å². The zero-order valence-electron chi connectivity index (χ0n) is 11.1. The normalized spacial score (nSPS) is 11.6. The molecule has 0 bridgehead atoms. The molecule has 0 saturated carbocycles. The van der Waals surface area contributed by atoms with Crippen molar-refractivity contribution >= 4 is 29.3 Å². The molecular formula is C13H17ClN2O3. The molecule has 0 spiro atoms. The van der Waals surface area contributed by atoms with Crippen LogP contribution in [-0.2, 0) is 9.53 Å². The van der Waals surface area contributed by atoms with E-state index in [0.29, 0.717) is 10.7 Å². The summed E-state index contributed by atoms with van der Waals surface area (Å²) in [7, 11) is 1.31. The molecule has 0 aromatic heterocycles. The molecule has 5 nitrogen and oxygen atoms in total. The molecule has 0 heterocycles. The minimum absolute atomic E-state index is 0.123. The molecule has 2 N–H and O–H groups in total. The van der Waals surface area contributed by atoms with Gasteiger partial charge in [0.25, 0.3) is 0 Å². The molecule has 0 fully saturated rings. The van der Waals surface area contributed by atoms with E-state index >= 15 is 0 Å². The van der Waals surface area contributed by atoms with Gasteiger partial charge in [-0.1, -0.05) is 17.7 Å². The summed E-state index contributed by atoms with van der Waals surface area (Å²) in [4.78, 5) is 22.8. The van der Waals surface area contributed by atoms with Gasteiger partial charge in [-0.2, -0.15) is 0 Å². The van der Waals surface area contributed by atoms with Crippen LogP contribution in [0.5, 0.6) is 0 Å². The number of hydrogen-bond donors (Lipinski definition) is 2. The average molecular weight is 285 g/mol. The van der Waals surface area contributed by atoms with Crippen molar-refractivity contribution in [2.45, 2.75) is 26.3 Å². The Balaban J connectivity index is 2.56. The second kappa shape index (κ2) is 6.99. The van der Waals surface area contributed by atoms with Crippen molar-refractivity contribution in [3.05, 3.63) is 28.8 Å². The number of methoxy groups -OCH3 is 1. The third-order valence-electron chi connectivity index (χ3n) is 2.59. The summed E-state index contributed by atoms with van der Waals surface area (Å²) in [5.74, 6) is -0.369. The van der Waals surface area contributed by atoms with Crippen LogP contribution in [-0.4, -0.2) is 25.2 Å². The van der Waals surface area contributed by atoms with Gasteiger partial charge in [-0.15, -0.1) is 0 Å². The van der Waals surface area contributed by atoms with Crippen LogP contribution in [0.3, 0.4) is 0 Å². The molecule has 0 aliphatic carbocycles. The van der Waals surface area contributed by atoms with Gasteiger partial charge in [0.1, 0.15) is 0 Å². The number of carbonyl (C=O) groups is 2. The van der Waals surface area contributed by atoms with E-state index < -0.39 is 0 Å². The highest BCUT2D eigenvalue weighted by Gasteiger charge is 2.13. The molecular weight excluding hydrogens is 268 g/mol. The molecule has 1 aromatic rings. The zero-order chi connectivity index (χ0) is 14.4. The molecule has 1 atom stereocenters. The lowest BCUT2D eigenvalue weighted by Gasteiger charge is -2.14. The van der Waals surface area contributed by atoms with Crippen molar-refractivity contribution in [1.82, 2.24) is 5.32 Å². The van der Waals surface area contributed by atoms with Crippen molar-refractivity contribution in [2.75, 3.05) is 12.4 Å². The van der Waals surface area contributed by atoms with Crippen LogP contribution in [0.25, 0.3) is 0 Å². The maximum absolute atomic E-state index is 11.7.